The Morgan fingerprint density at radius 2 is 1.82 bits per heavy atom. The Morgan fingerprint density at radius 1 is 1.03 bits per heavy atom. The van der Waals surface area contributed by atoms with Crippen LogP contribution in [0.5, 0.6) is 11.5 Å². The lowest BCUT2D eigenvalue weighted by Gasteiger charge is -2.17. The van der Waals surface area contributed by atoms with Crippen LogP contribution in [0, 0.1) is 0 Å². The minimum Gasteiger partial charge on any atom is -0.456 e. The van der Waals surface area contributed by atoms with E-state index < -0.39 is 30.8 Å². The summed E-state index contributed by atoms with van der Waals surface area (Å²) in [7, 11) is 0. The van der Waals surface area contributed by atoms with Crippen molar-refractivity contribution in [3.63, 3.8) is 0 Å². The van der Waals surface area contributed by atoms with Gasteiger partial charge >= 0.3 is 6.18 Å². The minimum atomic E-state index is -4.87. The summed E-state index contributed by atoms with van der Waals surface area (Å²) in [4.78, 5) is 23.4. The Hall–Kier alpha value is -4.61. The average molecular weight is 537 g/mol. The number of halogens is 3. The molecule has 2 heterocycles. The number of aromatic amines is 2. The highest BCUT2D eigenvalue weighted by molar-refractivity contribution is 6.09. The Bertz CT molecular complexity index is 1600. The molecule has 3 aromatic carbocycles. The zero-order valence-corrected chi connectivity index (χ0v) is 20.2. The highest BCUT2D eigenvalue weighted by Crippen LogP contribution is 2.33. The number of fused-ring (bicyclic) bond motifs is 1. The van der Waals surface area contributed by atoms with E-state index in [0.29, 0.717) is 39.3 Å². The molecule has 0 aliphatic carbocycles. The third kappa shape index (κ3) is 5.64. The van der Waals surface area contributed by atoms with Crippen LogP contribution in [0.1, 0.15) is 27.7 Å². The molecule has 11 heteroatoms. The number of carbonyl (C=O) groups is 1. The summed E-state index contributed by atoms with van der Waals surface area (Å²) in [6.07, 6.45) is -5.33. The van der Waals surface area contributed by atoms with Gasteiger partial charge in [0.25, 0.3) is 5.91 Å². The van der Waals surface area contributed by atoms with Crippen LogP contribution in [0.3, 0.4) is 0 Å². The van der Waals surface area contributed by atoms with Gasteiger partial charge in [-0.1, -0.05) is 42.5 Å². The first kappa shape index (κ1) is 26.0. The van der Waals surface area contributed by atoms with Crippen molar-refractivity contribution < 1.29 is 32.9 Å². The van der Waals surface area contributed by atoms with Crippen LogP contribution in [0.4, 0.5) is 13.2 Å². The number of alkyl halides is 3. The molecule has 2 unspecified atom stereocenters. The number of amides is 1. The van der Waals surface area contributed by atoms with E-state index in [0.717, 1.165) is 0 Å². The molecule has 200 valence electrons. The monoisotopic (exact) mass is 536 g/mol. The number of ether oxygens (including phenoxy) is 1. The Balaban J connectivity index is 1.40. The summed E-state index contributed by atoms with van der Waals surface area (Å²) in [5, 5.41) is 22.5. The highest BCUT2D eigenvalue weighted by Gasteiger charge is 2.38. The fourth-order valence-corrected chi connectivity index (χ4v) is 4.10. The third-order valence-electron chi connectivity index (χ3n) is 6.10. The lowest BCUT2D eigenvalue weighted by atomic mass is 10.1. The van der Waals surface area contributed by atoms with E-state index in [-0.39, 0.29) is 11.3 Å². The number of H-pyrrole nitrogens is 2. The predicted octanol–water partition coefficient (Wildman–Crippen LogP) is 5.09. The first-order chi connectivity index (χ1) is 18.7. The largest absolute Gasteiger partial charge is 0.456 e. The molecule has 8 nitrogen and oxygen atoms in total. The summed E-state index contributed by atoms with van der Waals surface area (Å²) in [5.74, 6) is 0.0945. The molecule has 0 saturated carbocycles. The number of benzene rings is 3. The van der Waals surface area contributed by atoms with Gasteiger partial charge in [0.05, 0.1) is 24.0 Å². The van der Waals surface area contributed by atoms with Crippen LogP contribution in [0.2, 0.25) is 0 Å². The normalized spacial score (nSPS) is 13.3. The van der Waals surface area contributed by atoms with Crippen molar-refractivity contribution in [2.75, 3.05) is 6.54 Å². The van der Waals surface area contributed by atoms with Gasteiger partial charge in [0.15, 0.2) is 6.10 Å². The summed E-state index contributed by atoms with van der Waals surface area (Å²) >= 11 is 0. The lowest BCUT2D eigenvalue weighted by Crippen LogP contribution is -2.40. The number of imidazole rings is 1. The van der Waals surface area contributed by atoms with Crippen LogP contribution in [0.25, 0.3) is 22.3 Å². The van der Waals surface area contributed by atoms with Crippen molar-refractivity contribution >= 4 is 16.8 Å². The zero-order valence-electron chi connectivity index (χ0n) is 20.2. The van der Waals surface area contributed by atoms with E-state index in [1.54, 1.807) is 54.7 Å². The molecule has 0 saturated heterocycles. The zero-order chi connectivity index (χ0) is 27.6. The maximum Gasteiger partial charge on any atom is 0.416 e. The fraction of sp³-hybridized carbons (Fsp3) is 0.143. The van der Waals surface area contributed by atoms with E-state index in [9.17, 15) is 28.2 Å². The molecule has 1 amide bonds. The van der Waals surface area contributed by atoms with E-state index in [2.05, 4.69) is 20.3 Å². The number of hydrogen-bond donors (Lipinski definition) is 5. The van der Waals surface area contributed by atoms with Gasteiger partial charge in [-0.05, 0) is 35.9 Å². The molecular weight excluding hydrogens is 513 g/mol. The summed E-state index contributed by atoms with van der Waals surface area (Å²) in [5.41, 5.74) is 2.44. The van der Waals surface area contributed by atoms with Crippen molar-refractivity contribution in [2.45, 2.75) is 18.4 Å². The van der Waals surface area contributed by atoms with Crippen LogP contribution in [-0.2, 0) is 0 Å². The summed E-state index contributed by atoms with van der Waals surface area (Å²) in [6.45, 7) is -1.01. The van der Waals surface area contributed by atoms with E-state index >= 15 is 0 Å². The van der Waals surface area contributed by atoms with Crippen LogP contribution in [-0.4, -0.2) is 49.9 Å². The summed E-state index contributed by atoms with van der Waals surface area (Å²) in [6, 6.07) is 20.8. The van der Waals surface area contributed by atoms with E-state index in [1.165, 1.54) is 12.3 Å². The van der Waals surface area contributed by atoms with Crippen LogP contribution >= 0.6 is 0 Å². The fourth-order valence-electron chi connectivity index (χ4n) is 4.10. The molecule has 0 spiro atoms. The number of nitrogens with zero attached hydrogens (tertiary/aromatic N) is 1. The Labute approximate surface area is 220 Å². The van der Waals surface area contributed by atoms with Crippen molar-refractivity contribution in [3.8, 4) is 22.9 Å². The average Bonchev–Trinajstić information content (AvgIpc) is 3.61. The first-order valence-corrected chi connectivity index (χ1v) is 11.9. The highest BCUT2D eigenvalue weighted by atomic mass is 19.4. The second-order valence-electron chi connectivity index (χ2n) is 8.78. The molecule has 39 heavy (non-hydrogen) atoms. The van der Waals surface area contributed by atoms with Crippen molar-refractivity contribution in [3.05, 3.63) is 102 Å². The summed E-state index contributed by atoms with van der Waals surface area (Å²) < 4.78 is 44.2. The minimum absolute atomic E-state index is 0.0137. The van der Waals surface area contributed by atoms with Gasteiger partial charge in [-0.3, -0.25) is 4.79 Å². The molecule has 5 rings (SSSR count). The Kier molecular flexibility index (Phi) is 7.09. The van der Waals surface area contributed by atoms with Gasteiger partial charge in [0, 0.05) is 22.7 Å². The second-order valence-corrected chi connectivity index (χ2v) is 8.78. The van der Waals surface area contributed by atoms with E-state index in [1.807, 2.05) is 18.2 Å². The topological polar surface area (TPSA) is 123 Å². The van der Waals surface area contributed by atoms with Crippen molar-refractivity contribution in [1.82, 2.24) is 20.3 Å². The van der Waals surface area contributed by atoms with Gasteiger partial charge in [-0.2, -0.15) is 13.2 Å². The molecule has 0 bridgehead atoms. The maximum absolute atomic E-state index is 12.9. The van der Waals surface area contributed by atoms with Crippen LogP contribution < -0.4 is 10.1 Å². The molecule has 0 aliphatic heterocycles. The molecular formula is C28H23F3N4O4. The molecule has 0 fully saturated rings. The molecule has 0 radical (unpaired) electrons. The van der Waals surface area contributed by atoms with Gasteiger partial charge in [0.1, 0.15) is 23.4 Å². The van der Waals surface area contributed by atoms with Crippen LogP contribution in [0.15, 0.2) is 85.2 Å². The standard InChI is InChI=1S/C28H23F3N4O4/c29-28(30,31)23(36)15-34-27(38)24-19-11-12-32-20(19)9-10-22(24)39-18-8-4-7-17(13-18)26-33-14-21(35-26)25(37)16-5-2-1-3-6-16/h1-14,23,25,32,36-37H,15H2,(H,33,35)(H,34,38). The molecule has 5 aromatic rings. The van der Waals surface area contributed by atoms with E-state index in [4.69, 9.17) is 4.74 Å². The predicted molar refractivity (Wildman–Crippen MR) is 137 cm³/mol. The number of rotatable bonds is 8. The number of aromatic nitrogens is 3. The van der Waals surface area contributed by atoms with Gasteiger partial charge in [-0.15, -0.1) is 0 Å². The molecule has 2 atom stereocenters. The van der Waals surface area contributed by atoms with Crippen molar-refractivity contribution in [2.24, 2.45) is 0 Å². The number of hydrogen-bond acceptors (Lipinski definition) is 5. The number of nitrogens with one attached hydrogen (secondary N) is 3. The first-order valence-electron chi connectivity index (χ1n) is 11.9. The van der Waals surface area contributed by atoms with Gasteiger partial charge in [-0.25, -0.2) is 4.98 Å². The SMILES string of the molecule is O=C(NCC(O)C(F)(F)F)c1c(Oc2cccc(-c3ncc(C(O)c4ccccc4)[nH]3)c2)ccc2[nH]ccc12. The third-order valence-corrected chi connectivity index (χ3v) is 6.10. The second kappa shape index (κ2) is 10.6. The molecule has 5 N–H and O–H groups in total. The molecule has 2 aromatic heterocycles. The quantitative estimate of drug-likeness (QED) is 0.189. The molecule has 0 aliphatic rings. The number of aliphatic hydroxyl groups is 2. The lowest BCUT2D eigenvalue weighted by molar-refractivity contribution is -0.201. The van der Waals surface area contributed by atoms with Gasteiger partial charge in [0.2, 0.25) is 0 Å². The smallest absolute Gasteiger partial charge is 0.416 e. The van der Waals surface area contributed by atoms with Gasteiger partial charge < -0.3 is 30.2 Å². The number of aliphatic hydroxyl groups excluding tert-OH is 2. The number of carbonyl (C=O) groups excluding carboxylic acids is 1. The Morgan fingerprint density at radius 3 is 2.59 bits per heavy atom. The maximum atomic E-state index is 12.9. The van der Waals surface area contributed by atoms with Crippen molar-refractivity contribution in [1.29, 1.82) is 0 Å².